The third kappa shape index (κ3) is 2.91. The van der Waals surface area contributed by atoms with E-state index in [1.165, 1.54) is 12.3 Å². The quantitative estimate of drug-likeness (QED) is 0.656. The first kappa shape index (κ1) is 12.7. The van der Waals surface area contributed by atoms with Crippen molar-refractivity contribution in [2.75, 3.05) is 11.1 Å². The maximum absolute atomic E-state index is 12.0. The van der Waals surface area contributed by atoms with Gasteiger partial charge in [0.2, 0.25) is 0 Å². The van der Waals surface area contributed by atoms with E-state index in [1.807, 2.05) is 0 Å². The van der Waals surface area contributed by atoms with Crippen LogP contribution in [0.15, 0.2) is 36.5 Å². The highest BCUT2D eigenvalue weighted by Gasteiger charge is 2.10. The number of nitrogens with one attached hydrogen (secondary N) is 1. The summed E-state index contributed by atoms with van der Waals surface area (Å²) in [7, 11) is 0. The number of carbonyl (C=O) groups is 1. The Hall–Kier alpha value is -1.78. The minimum Gasteiger partial charge on any atom is -0.398 e. The molecular formula is C12H9Cl2N3O. The Balaban J connectivity index is 2.22. The summed E-state index contributed by atoms with van der Waals surface area (Å²) >= 11 is 11.5. The fraction of sp³-hybridized carbons (Fsp3) is 0. The Morgan fingerprint density at radius 2 is 2.00 bits per heavy atom. The van der Waals surface area contributed by atoms with Crippen molar-refractivity contribution in [2.45, 2.75) is 0 Å². The van der Waals surface area contributed by atoms with E-state index in [1.54, 1.807) is 24.3 Å². The summed E-state index contributed by atoms with van der Waals surface area (Å²) in [5.41, 5.74) is 6.95. The van der Waals surface area contributed by atoms with Crippen molar-refractivity contribution in [3.05, 3.63) is 52.3 Å². The number of hydrogen-bond acceptors (Lipinski definition) is 3. The Kier molecular flexibility index (Phi) is 3.69. The number of pyridine rings is 1. The number of anilines is 2. The first-order valence-corrected chi connectivity index (χ1v) is 5.80. The van der Waals surface area contributed by atoms with Crippen molar-refractivity contribution < 1.29 is 4.79 Å². The van der Waals surface area contributed by atoms with Gasteiger partial charge in [-0.05, 0) is 30.3 Å². The van der Waals surface area contributed by atoms with E-state index in [4.69, 9.17) is 28.9 Å². The van der Waals surface area contributed by atoms with Gasteiger partial charge in [-0.3, -0.25) is 4.79 Å². The number of nitrogens with two attached hydrogens (primary N) is 1. The fourth-order valence-electron chi connectivity index (χ4n) is 1.42. The molecule has 0 unspecified atom stereocenters. The number of nitrogen functional groups attached to an aromatic ring is 1. The predicted octanol–water partition coefficient (Wildman–Crippen LogP) is 3.22. The molecule has 1 heterocycles. The molecule has 0 spiro atoms. The summed E-state index contributed by atoms with van der Waals surface area (Å²) < 4.78 is 0. The number of hydrogen-bond donors (Lipinski definition) is 2. The molecule has 1 amide bonds. The third-order valence-electron chi connectivity index (χ3n) is 2.24. The molecule has 0 atom stereocenters. The first-order valence-electron chi connectivity index (χ1n) is 5.04. The van der Waals surface area contributed by atoms with Crippen LogP contribution in [0, 0.1) is 0 Å². The number of carbonyl (C=O) groups excluding carboxylic acids is 1. The number of nitrogens with zero attached hydrogens (tertiary/aromatic N) is 1. The lowest BCUT2D eigenvalue weighted by atomic mass is 10.1. The SMILES string of the molecule is Nc1cc(Cl)ccc1C(=O)Nc1ccnc(Cl)c1. The summed E-state index contributed by atoms with van der Waals surface area (Å²) in [5.74, 6) is -0.327. The second-order valence-electron chi connectivity index (χ2n) is 3.55. The van der Waals surface area contributed by atoms with Crippen LogP contribution in [0.3, 0.4) is 0 Å². The van der Waals surface area contributed by atoms with Crippen LogP contribution in [0.5, 0.6) is 0 Å². The van der Waals surface area contributed by atoms with E-state index in [9.17, 15) is 4.79 Å². The van der Waals surface area contributed by atoms with Crippen LogP contribution in [0.1, 0.15) is 10.4 Å². The number of amides is 1. The van der Waals surface area contributed by atoms with Gasteiger partial charge in [-0.2, -0.15) is 0 Å². The number of halogens is 2. The average Bonchev–Trinajstić information content (AvgIpc) is 2.28. The molecule has 0 bridgehead atoms. The molecule has 6 heteroatoms. The van der Waals surface area contributed by atoms with Crippen molar-refractivity contribution in [3.63, 3.8) is 0 Å². The molecule has 0 aliphatic carbocycles. The molecule has 0 saturated carbocycles. The molecule has 92 valence electrons. The van der Waals surface area contributed by atoms with Crippen LogP contribution < -0.4 is 11.1 Å². The van der Waals surface area contributed by atoms with Gasteiger partial charge in [0, 0.05) is 22.6 Å². The Morgan fingerprint density at radius 1 is 1.22 bits per heavy atom. The topological polar surface area (TPSA) is 68.0 Å². The normalized spacial score (nSPS) is 10.1. The van der Waals surface area contributed by atoms with Crippen molar-refractivity contribution in [2.24, 2.45) is 0 Å². The molecular weight excluding hydrogens is 273 g/mol. The lowest BCUT2D eigenvalue weighted by Crippen LogP contribution is -2.14. The highest BCUT2D eigenvalue weighted by molar-refractivity contribution is 6.31. The summed E-state index contributed by atoms with van der Waals surface area (Å²) in [4.78, 5) is 15.8. The van der Waals surface area contributed by atoms with E-state index in [-0.39, 0.29) is 5.91 Å². The van der Waals surface area contributed by atoms with Gasteiger partial charge in [0.1, 0.15) is 5.15 Å². The Bertz CT molecular complexity index is 602. The summed E-state index contributed by atoms with van der Waals surface area (Å²) in [6.07, 6.45) is 1.50. The van der Waals surface area contributed by atoms with Gasteiger partial charge in [0.15, 0.2) is 0 Å². The summed E-state index contributed by atoms with van der Waals surface area (Å²) in [5, 5.41) is 3.46. The highest BCUT2D eigenvalue weighted by Crippen LogP contribution is 2.20. The maximum atomic E-state index is 12.0. The van der Waals surface area contributed by atoms with Gasteiger partial charge in [0.25, 0.3) is 5.91 Å². The van der Waals surface area contributed by atoms with Crippen molar-refractivity contribution >= 4 is 40.5 Å². The molecule has 3 N–H and O–H groups in total. The molecule has 0 radical (unpaired) electrons. The van der Waals surface area contributed by atoms with E-state index < -0.39 is 0 Å². The van der Waals surface area contributed by atoms with E-state index in [2.05, 4.69) is 10.3 Å². The van der Waals surface area contributed by atoms with Crippen molar-refractivity contribution in [3.8, 4) is 0 Å². The van der Waals surface area contributed by atoms with E-state index in [0.717, 1.165) is 0 Å². The standard InChI is InChI=1S/C12H9Cl2N3O/c13-7-1-2-9(10(15)5-7)12(18)17-8-3-4-16-11(14)6-8/h1-6H,15H2,(H,16,17,18). The molecule has 2 aromatic rings. The van der Waals surface area contributed by atoms with Gasteiger partial charge in [-0.15, -0.1) is 0 Å². The summed E-state index contributed by atoms with van der Waals surface area (Å²) in [6.45, 7) is 0. The zero-order chi connectivity index (χ0) is 13.1. The first-order chi connectivity index (χ1) is 8.56. The van der Waals surface area contributed by atoms with Gasteiger partial charge < -0.3 is 11.1 Å². The molecule has 1 aromatic heterocycles. The molecule has 0 aliphatic heterocycles. The van der Waals surface area contributed by atoms with Crippen LogP contribution in [0.2, 0.25) is 10.2 Å². The van der Waals surface area contributed by atoms with Crippen molar-refractivity contribution in [1.29, 1.82) is 0 Å². The Morgan fingerprint density at radius 3 is 2.67 bits per heavy atom. The minimum absolute atomic E-state index is 0.303. The largest absolute Gasteiger partial charge is 0.398 e. The molecule has 4 nitrogen and oxygen atoms in total. The van der Waals surface area contributed by atoms with Crippen LogP contribution in [0.4, 0.5) is 11.4 Å². The maximum Gasteiger partial charge on any atom is 0.257 e. The second-order valence-corrected chi connectivity index (χ2v) is 4.38. The fourth-order valence-corrected chi connectivity index (χ4v) is 1.77. The van der Waals surface area contributed by atoms with Gasteiger partial charge in [-0.1, -0.05) is 23.2 Å². The van der Waals surface area contributed by atoms with E-state index in [0.29, 0.717) is 27.1 Å². The summed E-state index contributed by atoms with van der Waals surface area (Å²) in [6, 6.07) is 7.87. The van der Waals surface area contributed by atoms with Crippen LogP contribution in [0.25, 0.3) is 0 Å². The second kappa shape index (κ2) is 5.25. The van der Waals surface area contributed by atoms with Gasteiger partial charge in [0.05, 0.1) is 5.56 Å². The Labute approximate surface area is 114 Å². The molecule has 0 aliphatic rings. The molecule has 1 aromatic carbocycles. The lowest BCUT2D eigenvalue weighted by Gasteiger charge is -2.07. The third-order valence-corrected chi connectivity index (χ3v) is 2.68. The molecule has 0 saturated heterocycles. The van der Waals surface area contributed by atoms with Crippen LogP contribution in [-0.4, -0.2) is 10.9 Å². The lowest BCUT2D eigenvalue weighted by molar-refractivity contribution is 0.102. The monoisotopic (exact) mass is 281 g/mol. The minimum atomic E-state index is -0.327. The number of benzene rings is 1. The smallest absolute Gasteiger partial charge is 0.257 e. The average molecular weight is 282 g/mol. The van der Waals surface area contributed by atoms with E-state index >= 15 is 0 Å². The van der Waals surface area contributed by atoms with Gasteiger partial charge >= 0.3 is 0 Å². The highest BCUT2D eigenvalue weighted by atomic mass is 35.5. The molecule has 18 heavy (non-hydrogen) atoms. The number of rotatable bonds is 2. The molecule has 2 rings (SSSR count). The zero-order valence-corrected chi connectivity index (χ0v) is 10.7. The van der Waals surface area contributed by atoms with Gasteiger partial charge in [-0.25, -0.2) is 4.98 Å². The van der Waals surface area contributed by atoms with Crippen LogP contribution >= 0.6 is 23.2 Å². The van der Waals surface area contributed by atoms with Crippen molar-refractivity contribution in [1.82, 2.24) is 4.98 Å². The molecule has 0 fully saturated rings. The predicted molar refractivity (Wildman–Crippen MR) is 73.1 cm³/mol. The zero-order valence-electron chi connectivity index (χ0n) is 9.15. The van der Waals surface area contributed by atoms with Crippen LogP contribution in [-0.2, 0) is 0 Å². The number of aromatic nitrogens is 1.